The van der Waals surface area contributed by atoms with Gasteiger partial charge in [-0.05, 0) is 18.2 Å². The zero-order valence-corrected chi connectivity index (χ0v) is 11.9. The van der Waals surface area contributed by atoms with Gasteiger partial charge < -0.3 is 11.1 Å². The number of rotatable bonds is 2. The van der Waals surface area contributed by atoms with E-state index in [-0.39, 0.29) is 5.15 Å². The number of hydrogen-bond acceptors (Lipinski definition) is 3. The molecule has 0 radical (unpaired) electrons. The van der Waals surface area contributed by atoms with Crippen LogP contribution in [0.15, 0.2) is 24.3 Å². The molecule has 1 aromatic heterocycles. The molecule has 0 bridgehead atoms. The first-order chi connectivity index (χ1) is 8.45. The lowest BCUT2D eigenvalue weighted by atomic mass is 10.3. The SMILES string of the molecule is Nc1cc(Cl)nc(Nc2cc(Cl)c(Cl)cc2Cl)c1. The summed E-state index contributed by atoms with van der Waals surface area (Å²) in [6.07, 6.45) is 0. The van der Waals surface area contributed by atoms with E-state index in [2.05, 4.69) is 10.3 Å². The summed E-state index contributed by atoms with van der Waals surface area (Å²) in [4.78, 5) is 4.06. The van der Waals surface area contributed by atoms with E-state index in [1.165, 1.54) is 0 Å². The Morgan fingerprint density at radius 1 is 0.889 bits per heavy atom. The standard InChI is InChI=1S/C11H7Cl4N3/c12-6-3-8(14)9(4-7(6)13)17-11-2-5(16)1-10(15)18-11/h1-4H,(H3,16,17,18). The Labute approximate surface area is 124 Å². The van der Waals surface area contributed by atoms with E-state index in [1.807, 2.05) is 0 Å². The molecule has 0 amide bonds. The van der Waals surface area contributed by atoms with E-state index in [9.17, 15) is 0 Å². The molecule has 18 heavy (non-hydrogen) atoms. The molecule has 0 aliphatic rings. The average Bonchev–Trinajstić information content (AvgIpc) is 2.24. The summed E-state index contributed by atoms with van der Waals surface area (Å²) in [6, 6.07) is 6.32. The van der Waals surface area contributed by atoms with Crippen LogP contribution < -0.4 is 11.1 Å². The summed E-state index contributed by atoms with van der Waals surface area (Å²) >= 11 is 23.6. The number of nitrogens with two attached hydrogens (primary N) is 1. The van der Waals surface area contributed by atoms with Gasteiger partial charge in [-0.15, -0.1) is 0 Å². The molecule has 0 aliphatic heterocycles. The Balaban J connectivity index is 2.36. The first-order valence-corrected chi connectivity index (χ1v) is 6.31. The lowest BCUT2D eigenvalue weighted by molar-refractivity contribution is 1.31. The number of nitrogens with one attached hydrogen (secondary N) is 1. The monoisotopic (exact) mass is 321 g/mol. The van der Waals surface area contributed by atoms with E-state index in [0.29, 0.717) is 32.3 Å². The minimum absolute atomic E-state index is 0.286. The van der Waals surface area contributed by atoms with E-state index in [0.717, 1.165) is 0 Å². The molecule has 3 nitrogen and oxygen atoms in total. The molecular formula is C11H7Cl4N3. The first kappa shape index (κ1) is 13.6. The predicted octanol–water partition coefficient (Wildman–Crippen LogP) is 5.02. The van der Waals surface area contributed by atoms with E-state index >= 15 is 0 Å². The smallest absolute Gasteiger partial charge is 0.134 e. The molecule has 0 atom stereocenters. The van der Waals surface area contributed by atoms with E-state index in [4.69, 9.17) is 52.1 Å². The molecule has 1 heterocycles. The molecule has 0 spiro atoms. The molecule has 0 unspecified atom stereocenters. The number of pyridine rings is 1. The van der Waals surface area contributed by atoms with Gasteiger partial charge in [0, 0.05) is 11.8 Å². The lowest BCUT2D eigenvalue weighted by Gasteiger charge is -2.10. The molecule has 2 rings (SSSR count). The molecule has 0 saturated carbocycles. The maximum Gasteiger partial charge on any atom is 0.134 e. The molecule has 0 aliphatic carbocycles. The molecule has 0 saturated heterocycles. The highest BCUT2D eigenvalue weighted by Crippen LogP contribution is 2.34. The van der Waals surface area contributed by atoms with Gasteiger partial charge in [0.25, 0.3) is 0 Å². The maximum absolute atomic E-state index is 6.03. The third kappa shape index (κ3) is 3.12. The molecule has 1 aromatic carbocycles. The predicted molar refractivity (Wildman–Crippen MR) is 78.4 cm³/mol. The van der Waals surface area contributed by atoms with Crippen molar-refractivity contribution < 1.29 is 0 Å². The van der Waals surface area contributed by atoms with Crippen molar-refractivity contribution in [1.29, 1.82) is 0 Å². The van der Waals surface area contributed by atoms with Crippen LogP contribution in [0.4, 0.5) is 17.2 Å². The van der Waals surface area contributed by atoms with Gasteiger partial charge in [-0.25, -0.2) is 4.98 Å². The fourth-order valence-electron chi connectivity index (χ4n) is 1.34. The van der Waals surface area contributed by atoms with Crippen molar-refractivity contribution in [3.63, 3.8) is 0 Å². The minimum Gasteiger partial charge on any atom is -0.399 e. The number of benzene rings is 1. The van der Waals surface area contributed by atoms with Gasteiger partial charge in [0.2, 0.25) is 0 Å². The van der Waals surface area contributed by atoms with Crippen molar-refractivity contribution in [1.82, 2.24) is 4.98 Å². The van der Waals surface area contributed by atoms with E-state index < -0.39 is 0 Å². The number of nitrogens with zero attached hydrogens (tertiary/aromatic N) is 1. The van der Waals surface area contributed by atoms with Crippen LogP contribution in [-0.2, 0) is 0 Å². The lowest BCUT2D eigenvalue weighted by Crippen LogP contribution is -1.97. The first-order valence-electron chi connectivity index (χ1n) is 4.80. The Hall–Kier alpha value is -0.870. The van der Waals surface area contributed by atoms with Crippen LogP contribution in [0.5, 0.6) is 0 Å². The second-order valence-electron chi connectivity index (χ2n) is 3.48. The molecule has 2 aromatic rings. The van der Waals surface area contributed by atoms with Crippen molar-refractivity contribution in [2.45, 2.75) is 0 Å². The van der Waals surface area contributed by atoms with Crippen LogP contribution in [0.1, 0.15) is 0 Å². The van der Waals surface area contributed by atoms with Crippen LogP contribution in [-0.4, -0.2) is 4.98 Å². The number of halogens is 4. The van der Waals surface area contributed by atoms with Crippen LogP contribution in [0, 0.1) is 0 Å². The van der Waals surface area contributed by atoms with Crippen LogP contribution in [0.3, 0.4) is 0 Å². The Morgan fingerprint density at radius 3 is 2.22 bits per heavy atom. The van der Waals surface area contributed by atoms with Gasteiger partial charge in [0.05, 0.1) is 20.8 Å². The third-order valence-electron chi connectivity index (χ3n) is 2.09. The van der Waals surface area contributed by atoms with Gasteiger partial charge >= 0.3 is 0 Å². The van der Waals surface area contributed by atoms with Crippen molar-refractivity contribution in [3.8, 4) is 0 Å². The summed E-state index contributed by atoms with van der Waals surface area (Å²) in [5.41, 5.74) is 6.72. The number of aromatic nitrogens is 1. The topological polar surface area (TPSA) is 50.9 Å². The van der Waals surface area contributed by atoms with Crippen LogP contribution >= 0.6 is 46.4 Å². The Kier molecular flexibility index (Phi) is 4.07. The molecule has 7 heteroatoms. The fraction of sp³-hybridized carbons (Fsp3) is 0. The summed E-state index contributed by atoms with van der Waals surface area (Å²) in [5, 5.41) is 4.45. The van der Waals surface area contributed by atoms with Crippen molar-refractivity contribution in [2.24, 2.45) is 0 Å². The normalized spacial score (nSPS) is 10.4. The van der Waals surface area contributed by atoms with Crippen molar-refractivity contribution in [3.05, 3.63) is 44.5 Å². The van der Waals surface area contributed by atoms with Gasteiger partial charge in [0.1, 0.15) is 11.0 Å². The zero-order chi connectivity index (χ0) is 13.3. The summed E-state index contributed by atoms with van der Waals surface area (Å²) in [7, 11) is 0. The van der Waals surface area contributed by atoms with Crippen molar-refractivity contribution >= 4 is 63.6 Å². The number of anilines is 3. The summed E-state index contributed by atoms with van der Waals surface area (Å²) in [5.74, 6) is 0.472. The Morgan fingerprint density at radius 2 is 1.56 bits per heavy atom. The van der Waals surface area contributed by atoms with E-state index in [1.54, 1.807) is 24.3 Å². The summed E-state index contributed by atoms with van der Waals surface area (Å²) < 4.78 is 0. The van der Waals surface area contributed by atoms with Gasteiger partial charge in [0.15, 0.2) is 0 Å². The number of nitrogen functional groups attached to an aromatic ring is 1. The maximum atomic E-state index is 6.03. The zero-order valence-electron chi connectivity index (χ0n) is 8.85. The van der Waals surface area contributed by atoms with Crippen LogP contribution in [0.25, 0.3) is 0 Å². The largest absolute Gasteiger partial charge is 0.399 e. The van der Waals surface area contributed by atoms with Crippen molar-refractivity contribution in [2.75, 3.05) is 11.1 Å². The third-order valence-corrected chi connectivity index (χ3v) is 3.32. The quantitative estimate of drug-likeness (QED) is 0.603. The molecule has 94 valence electrons. The highest BCUT2D eigenvalue weighted by atomic mass is 35.5. The fourth-order valence-corrected chi connectivity index (χ4v) is 2.15. The molecule has 3 N–H and O–H groups in total. The molecular weight excluding hydrogens is 316 g/mol. The Bertz CT molecular complexity index is 581. The highest BCUT2D eigenvalue weighted by molar-refractivity contribution is 6.44. The van der Waals surface area contributed by atoms with Gasteiger partial charge in [-0.3, -0.25) is 0 Å². The second kappa shape index (κ2) is 5.41. The van der Waals surface area contributed by atoms with Gasteiger partial charge in [-0.2, -0.15) is 0 Å². The average molecular weight is 323 g/mol. The number of hydrogen-bond donors (Lipinski definition) is 2. The highest BCUT2D eigenvalue weighted by Gasteiger charge is 2.07. The molecule has 0 fully saturated rings. The van der Waals surface area contributed by atoms with Gasteiger partial charge in [-0.1, -0.05) is 46.4 Å². The minimum atomic E-state index is 0.286. The second-order valence-corrected chi connectivity index (χ2v) is 5.09. The van der Waals surface area contributed by atoms with Crippen LogP contribution in [0.2, 0.25) is 20.2 Å². The summed E-state index contributed by atoms with van der Waals surface area (Å²) in [6.45, 7) is 0.